The summed E-state index contributed by atoms with van der Waals surface area (Å²) in [4.78, 5) is 0.774. The molecule has 20 heavy (non-hydrogen) atoms. The van der Waals surface area contributed by atoms with Crippen LogP contribution in [-0.2, 0) is 15.3 Å². The number of hydrogen-bond donors (Lipinski definition) is 0. The molecule has 112 valence electrons. The van der Waals surface area contributed by atoms with E-state index in [-0.39, 0.29) is 6.10 Å². The van der Waals surface area contributed by atoms with E-state index in [0.29, 0.717) is 17.8 Å². The summed E-state index contributed by atoms with van der Waals surface area (Å²) < 4.78 is 18.3. The van der Waals surface area contributed by atoms with Crippen molar-refractivity contribution in [1.29, 1.82) is 0 Å². The first-order chi connectivity index (χ1) is 9.47. The van der Waals surface area contributed by atoms with Crippen LogP contribution in [-0.4, -0.2) is 10.3 Å². The van der Waals surface area contributed by atoms with E-state index in [1.54, 1.807) is 0 Å². The molecule has 0 bridgehead atoms. The van der Waals surface area contributed by atoms with Crippen LogP contribution in [0.3, 0.4) is 0 Å². The van der Waals surface area contributed by atoms with Crippen LogP contribution < -0.4 is 0 Å². The van der Waals surface area contributed by atoms with Gasteiger partial charge in [-0.1, -0.05) is 44.9 Å². The first kappa shape index (κ1) is 15.7. The smallest absolute Gasteiger partial charge is 0.189 e. The quantitative estimate of drug-likeness (QED) is 0.817. The van der Waals surface area contributed by atoms with Crippen molar-refractivity contribution >= 4 is 11.1 Å². The molecule has 0 radical (unpaired) electrons. The summed E-state index contributed by atoms with van der Waals surface area (Å²) in [5, 5.41) is 0. The standard InChI is InChI=1S/C17H26O2S/c1-12(2)16-10-7-14(4)11-17(16)19-20(18)15-8-5-13(3)6-9-15/h5-6,8-9,12,14,16-17H,7,10-11H2,1-4H3/t14-,16+,17-,20?/m1/s1. The van der Waals surface area contributed by atoms with Gasteiger partial charge in [0.2, 0.25) is 0 Å². The van der Waals surface area contributed by atoms with E-state index in [2.05, 4.69) is 20.8 Å². The Hall–Kier alpha value is -0.670. The zero-order chi connectivity index (χ0) is 14.7. The molecule has 0 spiro atoms. The van der Waals surface area contributed by atoms with Crippen LogP contribution in [0.1, 0.15) is 45.6 Å². The highest BCUT2D eigenvalue weighted by Gasteiger charge is 2.33. The molecule has 1 aromatic carbocycles. The maximum absolute atomic E-state index is 12.4. The predicted octanol–water partition coefficient (Wildman–Crippen LogP) is 4.50. The second-order valence-electron chi connectivity index (χ2n) is 6.51. The van der Waals surface area contributed by atoms with Crippen LogP contribution in [0.2, 0.25) is 0 Å². The highest BCUT2D eigenvalue weighted by atomic mass is 32.2. The lowest BCUT2D eigenvalue weighted by molar-refractivity contribution is 0.0567. The number of aryl methyl sites for hydroxylation is 1. The normalized spacial score (nSPS) is 28.6. The molecule has 3 heteroatoms. The Morgan fingerprint density at radius 2 is 1.85 bits per heavy atom. The average Bonchev–Trinajstić information content (AvgIpc) is 2.39. The lowest BCUT2D eigenvalue weighted by Gasteiger charge is -2.36. The summed E-state index contributed by atoms with van der Waals surface area (Å²) in [5.74, 6) is 1.79. The average molecular weight is 294 g/mol. The molecule has 0 aromatic heterocycles. The van der Waals surface area contributed by atoms with Gasteiger partial charge in [-0.15, -0.1) is 0 Å². The van der Waals surface area contributed by atoms with Crippen molar-refractivity contribution in [2.45, 2.75) is 58.0 Å². The molecule has 1 fully saturated rings. The maximum Gasteiger partial charge on any atom is 0.189 e. The van der Waals surface area contributed by atoms with E-state index in [0.717, 1.165) is 11.3 Å². The van der Waals surface area contributed by atoms with Crippen molar-refractivity contribution < 1.29 is 8.39 Å². The fourth-order valence-corrected chi connectivity index (χ4v) is 3.96. The molecular weight excluding hydrogens is 268 g/mol. The lowest BCUT2D eigenvalue weighted by Crippen LogP contribution is -2.34. The molecule has 4 atom stereocenters. The zero-order valence-corrected chi connectivity index (χ0v) is 13.8. The van der Waals surface area contributed by atoms with Crippen LogP contribution >= 0.6 is 0 Å². The molecule has 0 aliphatic heterocycles. The third kappa shape index (κ3) is 3.92. The largest absolute Gasteiger partial charge is 0.283 e. The summed E-state index contributed by atoms with van der Waals surface area (Å²) in [6.07, 6.45) is 3.61. The van der Waals surface area contributed by atoms with Gasteiger partial charge in [-0.25, -0.2) is 4.21 Å². The molecule has 1 saturated carbocycles. The van der Waals surface area contributed by atoms with E-state index in [9.17, 15) is 4.21 Å². The van der Waals surface area contributed by atoms with Crippen molar-refractivity contribution in [1.82, 2.24) is 0 Å². The van der Waals surface area contributed by atoms with E-state index >= 15 is 0 Å². The molecule has 0 heterocycles. The van der Waals surface area contributed by atoms with Gasteiger partial charge >= 0.3 is 0 Å². The fourth-order valence-electron chi connectivity index (χ4n) is 3.04. The molecule has 2 rings (SSSR count). The van der Waals surface area contributed by atoms with Gasteiger partial charge in [-0.3, -0.25) is 4.18 Å². The lowest BCUT2D eigenvalue weighted by atomic mass is 9.75. The predicted molar refractivity (Wildman–Crippen MR) is 83.8 cm³/mol. The summed E-state index contributed by atoms with van der Waals surface area (Å²) in [6.45, 7) is 8.78. The minimum atomic E-state index is -1.34. The first-order valence-electron chi connectivity index (χ1n) is 7.63. The van der Waals surface area contributed by atoms with Gasteiger partial charge in [0, 0.05) is 0 Å². The van der Waals surface area contributed by atoms with Gasteiger partial charge in [-0.05, 0) is 49.7 Å². The minimum Gasteiger partial charge on any atom is -0.283 e. The van der Waals surface area contributed by atoms with Gasteiger partial charge in [0.25, 0.3) is 0 Å². The molecule has 1 aliphatic rings. The second-order valence-corrected chi connectivity index (χ2v) is 7.64. The zero-order valence-electron chi connectivity index (χ0n) is 13.0. The third-order valence-corrected chi connectivity index (χ3v) is 5.46. The molecule has 1 unspecified atom stereocenters. The Labute approximate surface area is 125 Å². The highest BCUT2D eigenvalue weighted by Crippen LogP contribution is 2.36. The topological polar surface area (TPSA) is 26.3 Å². The number of benzene rings is 1. The molecule has 2 nitrogen and oxygen atoms in total. The summed E-state index contributed by atoms with van der Waals surface area (Å²) in [6, 6.07) is 7.78. The van der Waals surface area contributed by atoms with Crippen LogP contribution in [0.25, 0.3) is 0 Å². The van der Waals surface area contributed by atoms with Gasteiger partial charge in [0.05, 0.1) is 11.0 Å². The first-order valence-corrected chi connectivity index (χ1v) is 8.70. The van der Waals surface area contributed by atoms with Crippen LogP contribution in [0.15, 0.2) is 29.2 Å². The third-order valence-electron chi connectivity index (χ3n) is 4.39. The maximum atomic E-state index is 12.4. The Morgan fingerprint density at radius 3 is 2.45 bits per heavy atom. The van der Waals surface area contributed by atoms with Crippen LogP contribution in [0, 0.1) is 24.7 Å². The minimum absolute atomic E-state index is 0.126. The summed E-state index contributed by atoms with van der Waals surface area (Å²) in [7, 11) is 0. The van der Waals surface area contributed by atoms with E-state index in [1.165, 1.54) is 18.4 Å². The Balaban J connectivity index is 2.05. The second kappa shape index (κ2) is 6.86. The summed E-state index contributed by atoms with van der Waals surface area (Å²) >= 11 is -1.34. The van der Waals surface area contributed by atoms with Crippen molar-refractivity contribution in [3.8, 4) is 0 Å². The van der Waals surface area contributed by atoms with E-state index < -0.39 is 11.1 Å². The van der Waals surface area contributed by atoms with Gasteiger partial charge < -0.3 is 0 Å². The van der Waals surface area contributed by atoms with Crippen molar-refractivity contribution in [3.63, 3.8) is 0 Å². The summed E-state index contributed by atoms with van der Waals surface area (Å²) in [5.41, 5.74) is 1.18. The van der Waals surface area contributed by atoms with E-state index in [1.807, 2.05) is 31.2 Å². The monoisotopic (exact) mass is 294 g/mol. The Bertz CT molecular complexity index is 453. The van der Waals surface area contributed by atoms with Gasteiger partial charge in [-0.2, -0.15) is 0 Å². The molecule has 1 aliphatic carbocycles. The van der Waals surface area contributed by atoms with Crippen molar-refractivity contribution in [2.75, 3.05) is 0 Å². The fraction of sp³-hybridized carbons (Fsp3) is 0.647. The molecular formula is C17H26O2S. The van der Waals surface area contributed by atoms with E-state index in [4.69, 9.17) is 4.18 Å². The van der Waals surface area contributed by atoms with Crippen molar-refractivity contribution in [2.24, 2.45) is 17.8 Å². The molecule has 0 amide bonds. The van der Waals surface area contributed by atoms with Gasteiger partial charge in [0.1, 0.15) is 0 Å². The molecule has 0 saturated heterocycles. The number of hydrogen-bond acceptors (Lipinski definition) is 2. The van der Waals surface area contributed by atoms with Gasteiger partial charge in [0.15, 0.2) is 11.1 Å². The number of rotatable bonds is 4. The molecule has 0 N–H and O–H groups in total. The Kier molecular flexibility index (Phi) is 5.39. The SMILES string of the molecule is Cc1ccc(S(=O)O[C@@H]2C[C@H](C)CC[C@H]2C(C)C)cc1. The Morgan fingerprint density at radius 1 is 1.20 bits per heavy atom. The van der Waals surface area contributed by atoms with Crippen LogP contribution in [0.4, 0.5) is 0 Å². The highest BCUT2D eigenvalue weighted by molar-refractivity contribution is 7.80. The molecule has 1 aromatic rings. The van der Waals surface area contributed by atoms with Crippen LogP contribution in [0.5, 0.6) is 0 Å². The van der Waals surface area contributed by atoms with Crippen molar-refractivity contribution in [3.05, 3.63) is 29.8 Å².